The molecule has 0 rings (SSSR count). The molecule has 0 aliphatic heterocycles. The maximum atomic E-state index is 10.6. The number of carbonyl (C=O) groups excluding carboxylic acids is 1. The highest BCUT2D eigenvalue weighted by Crippen LogP contribution is 2.12. The van der Waals surface area contributed by atoms with Crippen molar-refractivity contribution in [2.24, 2.45) is 5.73 Å². The van der Waals surface area contributed by atoms with Crippen LogP contribution in [0.15, 0.2) is 0 Å². The van der Waals surface area contributed by atoms with Crippen molar-refractivity contribution in [1.29, 1.82) is 0 Å². The van der Waals surface area contributed by atoms with Crippen LogP contribution in [0.25, 0.3) is 0 Å². The molecule has 2 amide bonds. The van der Waals surface area contributed by atoms with E-state index in [1.54, 1.807) is 20.8 Å². The second-order valence-corrected chi connectivity index (χ2v) is 4.22. The minimum Gasteiger partial charge on any atom is -0.465 e. The van der Waals surface area contributed by atoms with Crippen molar-refractivity contribution in [3.05, 3.63) is 0 Å². The molecule has 0 unspecified atom stereocenters. The fourth-order valence-corrected chi connectivity index (χ4v) is 0.964. The van der Waals surface area contributed by atoms with Gasteiger partial charge in [-0.15, -0.1) is 0 Å². The number of amides is 2. The summed E-state index contributed by atoms with van der Waals surface area (Å²) in [5.74, 6) is 0. The number of ether oxygens (including phenoxy) is 1. The number of carbonyl (C=O) groups is 2. The van der Waals surface area contributed by atoms with E-state index in [0.717, 1.165) is 0 Å². The van der Waals surface area contributed by atoms with Crippen LogP contribution in [0.1, 0.15) is 20.8 Å². The van der Waals surface area contributed by atoms with Crippen molar-refractivity contribution in [2.45, 2.75) is 26.3 Å². The van der Waals surface area contributed by atoms with Crippen LogP contribution in [0, 0.1) is 0 Å². The molecular formula is C10H22N2O6. The number of hydrogen-bond acceptors (Lipinski definition) is 5. The van der Waals surface area contributed by atoms with Crippen molar-refractivity contribution in [3.8, 4) is 0 Å². The molecule has 5 N–H and O–H groups in total. The van der Waals surface area contributed by atoms with E-state index in [0.29, 0.717) is 0 Å². The van der Waals surface area contributed by atoms with Crippen molar-refractivity contribution in [1.82, 2.24) is 4.90 Å². The highest BCUT2D eigenvalue weighted by molar-refractivity contribution is 5.66. The van der Waals surface area contributed by atoms with Gasteiger partial charge in [-0.1, -0.05) is 0 Å². The van der Waals surface area contributed by atoms with Crippen LogP contribution in [-0.4, -0.2) is 64.3 Å². The lowest BCUT2D eigenvalue weighted by atomic mass is 10.1. The van der Waals surface area contributed by atoms with Crippen LogP contribution in [0.2, 0.25) is 0 Å². The van der Waals surface area contributed by atoms with Crippen molar-refractivity contribution in [3.63, 3.8) is 0 Å². The minimum absolute atomic E-state index is 0.0185. The molecule has 8 nitrogen and oxygen atoms in total. The molecule has 0 aromatic heterocycles. The topological polar surface area (TPSA) is 133 Å². The highest BCUT2D eigenvalue weighted by atomic mass is 16.6. The Morgan fingerprint density at radius 1 is 1.22 bits per heavy atom. The lowest BCUT2D eigenvalue weighted by Crippen LogP contribution is -2.46. The van der Waals surface area contributed by atoms with E-state index >= 15 is 0 Å². The predicted octanol–water partition coefficient (Wildman–Crippen LogP) is -0.169. The summed E-state index contributed by atoms with van der Waals surface area (Å²) < 4.78 is 4.08. The molecule has 8 heteroatoms. The fourth-order valence-electron chi connectivity index (χ4n) is 0.964. The number of primary amides is 1. The molecule has 0 bridgehead atoms. The number of hydrogen-bond donors (Lipinski definition) is 4. The monoisotopic (exact) mass is 266 g/mol. The van der Waals surface area contributed by atoms with Crippen LogP contribution < -0.4 is 5.73 Å². The van der Waals surface area contributed by atoms with Gasteiger partial charge in [-0.05, 0) is 20.8 Å². The van der Waals surface area contributed by atoms with E-state index < -0.39 is 17.7 Å². The summed E-state index contributed by atoms with van der Waals surface area (Å²) in [5, 5.41) is 25.2. The maximum absolute atomic E-state index is 10.6. The SMILES string of the molecule is CC(C)(C)N(CCO)C(=O)O.NC(=O)OCCO. The molecule has 0 radical (unpaired) electrons. The van der Waals surface area contributed by atoms with Crippen LogP contribution in [0.4, 0.5) is 9.59 Å². The van der Waals surface area contributed by atoms with Crippen molar-refractivity contribution in [2.75, 3.05) is 26.4 Å². The summed E-state index contributed by atoms with van der Waals surface area (Å²) in [6.45, 7) is 5.20. The Hall–Kier alpha value is -1.54. The minimum atomic E-state index is -0.994. The standard InChI is InChI=1S/C7H15NO3.C3H7NO3/c1-7(2,3)8(4-5-9)6(10)11;4-3(6)7-2-1-5/h9H,4-5H2,1-3H3,(H,10,11);5H,1-2H2,(H2,4,6). The third kappa shape index (κ3) is 11.0. The fraction of sp³-hybridized carbons (Fsp3) is 0.800. The van der Waals surface area contributed by atoms with E-state index in [2.05, 4.69) is 10.5 Å². The second-order valence-electron chi connectivity index (χ2n) is 4.22. The third-order valence-electron chi connectivity index (χ3n) is 1.70. The van der Waals surface area contributed by atoms with Gasteiger partial charge in [-0.2, -0.15) is 0 Å². The Bertz CT molecular complexity index is 251. The van der Waals surface area contributed by atoms with Gasteiger partial charge in [0.25, 0.3) is 0 Å². The average molecular weight is 266 g/mol. The van der Waals surface area contributed by atoms with E-state index in [9.17, 15) is 9.59 Å². The molecule has 0 heterocycles. The molecule has 0 aromatic rings. The first-order valence-electron chi connectivity index (χ1n) is 5.31. The zero-order chi connectivity index (χ0) is 14.8. The Balaban J connectivity index is 0. The normalized spacial score (nSPS) is 10.1. The zero-order valence-corrected chi connectivity index (χ0v) is 10.9. The molecule has 0 aromatic carbocycles. The molecule has 0 aliphatic carbocycles. The number of aliphatic hydroxyl groups excluding tert-OH is 2. The van der Waals surface area contributed by atoms with Gasteiger partial charge in [-0.25, -0.2) is 9.59 Å². The quantitative estimate of drug-likeness (QED) is 0.558. The Labute approximate surface area is 106 Å². The van der Waals surface area contributed by atoms with Crippen LogP contribution >= 0.6 is 0 Å². The number of nitrogens with zero attached hydrogens (tertiary/aromatic N) is 1. The second kappa shape index (κ2) is 9.49. The Morgan fingerprint density at radius 3 is 1.83 bits per heavy atom. The predicted molar refractivity (Wildman–Crippen MR) is 64.2 cm³/mol. The van der Waals surface area contributed by atoms with E-state index in [4.69, 9.17) is 15.3 Å². The van der Waals surface area contributed by atoms with Gasteiger partial charge in [0.1, 0.15) is 6.61 Å². The van der Waals surface area contributed by atoms with Crippen molar-refractivity contribution < 1.29 is 29.6 Å². The largest absolute Gasteiger partial charge is 0.465 e. The first kappa shape index (κ1) is 18.8. The molecule has 0 saturated heterocycles. The number of carboxylic acid groups (broad SMARTS) is 1. The molecule has 0 atom stereocenters. The van der Waals surface area contributed by atoms with Gasteiger partial charge >= 0.3 is 12.2 Å². The number of nitrogens with two attached hydrogens (primary N) is 1. The molecule has 108 valence electrons. The first-order chi connectivity index (χ1) is 8.16. The number of rotatable bonds is 4. The summed E-state index contributed by atoms with van der Waals surface area (Å²) in [6, 6.07) is 0. The summed E-state index contributed by atoms with van der Waals surface area (Å²) in [4.78, 5) is 21.4. The average Bonchev–Trinajstić information content (AvgIpc) is 2.21. The number of β-amino-alcohol motifs (C(OH)–C–C–N with tert-alkyl or cyclic N) is 1. The van der Waals surface area contributed by atoms with Crippen LogP contribution in [-0.2, 0) is 4.74 Å². The molecule has 0 fully saturated rings. The summed E-state index contributed by atoms with van der Waals surface area (Å²) >= 11 is 0. The van der Waals surface area contributed by atoms with E-state index in [-0.39, 0.29) is 26.4 Å². The third-order valence-corrected chi connectivity index (χ3v) is 1.70. The zero-order valence-electron chi connectivity index (χ0n) is 10.9. The van der Waals surface area contributed by atoms with Gasteiger partial charge in [0.2, 0.25) is 0 Å². The number of aliphatic hydroxyl groups is 2. The van der Waals surface area contributed by atoms with Gasteiger partial charge in [0.05, 0.1) is 13.2 Å². The first-order valence-corrected chi connectivity index (χ1v) is 5.31. The summed E-state index contributed by atoms with van der Waals surface area (Å²) in [6.07, 6.45) is -1.85. The smallest absolute Gasteiger partial charge is 0.407 e. The summed E-state index contributed by atoms with van der Waals surface area (Å²) in [5.41, 5.74) is 4.07. The molecule has 18 heavy (non-hydrogen) atoms. The lowest BCUT2D eigenvalue weighted by molar-refractivity contribution is 0.0860. The summed E-state index contributed by atoms with van der Waals surface area (Å²) in [7, 11) is 0. The van der Waals surface area contributed by atoms with Crippen molar-refractivity contribution >= 4 is 12.2 Å². The Morgan fingerprint density at radius 2 is 1.72 bits per heavy atom. The molecule has 0 aliphatic rings. The van der Waals surface area contributed by atoms with E-state index in [1.165, 1.54) is 4.90 Å². The van der Waals surface area contributed by atoms with Crippen LogP contribution in [0.5, 0.6) is 0 Å². The molecule has 0 saturated carbocycles. The van der Waals surface area contributed by atoms with Crippen LogP contribution in [0.3, 0.4) is 0 Å². The van der Waals surface area contributed by atoms with Gasteiger partial charge in [-0.3, -0.25) is 0 Å². The Kier molecular flexibility index (Phi) is 9.92. The molecule has 0 spiro atoms. The van der Waals surface area contributed by atoms with E-state index in [1.807, 2.05) is 0 Å². The van der Waals surface area contributed by atoms with Gasteiger partial charge in [0.15, 0.2) is 0 Å². The highest BCUT2D eigenvalue weighted by Gasteiger charge is 2.24. The maximum Gasteiger partial charge on any atom is 0.407 e. The molecular weight excluding hydrogens is 244 g/mol. The van der Waals surface area contributed by atoms with Gasteiger partial charge < -0.3 is 30.7 Å². The van der Waals surface area contributed by atoms with Gasteiger partial charge in [0, 0.05) is 12.1 Å². The lowest BCUT2D eigenvalue weighted by Gasteiger charge is -2.32.